The zero-order chi connectivity index (χ0) is 14.3. The summed E-state index contributed by atoms with van der Waals surface area (Å²) in [5.41, 5.74) is -5.12. The van der Waals surface area contributed by atoms with Crippen molar-refractivity contribution in [1.29, 1.82) is 0 Å². The van der Waals surface area contributed by atoms with Gasteiger partial charge >= 0.3 is 12.4 Å². The third kappa shape index (κ3) is 2.80. The number of hydrogen-bond acceptors (Lipinski definition) is 1. The minimum atomic E-state index is -5.25. The molecule has 8 heteroatoms. The second kappa shape index (κ2) is 4.25. The van der Waals surface area contributed by atoms with Gasteiger partial charge in [-0.25, -0.2) is 4.39 Å². The predicted molar refractivity (Wildman–Crippen MR) is 46.4 cm³/mol. The van der Waals surface area contributed by atoms with Crippen molar-refractivity contribution in [3.8, 4) is 0 Å². The first-order chi connectivity index (χ1) is 7.94. The van der Waals surface area contributed by atoms with Gasteiger partial charge in [0.1, 0.15) is 5.82 Å². The summed E-state index contributed by atoms with van der Waals surface area (Å²) in [6, 6.07) is -0.411. The Morgan fingerprint density at radius 3 is 1.83 bits per heavy atom. The van der Waals surface area contributed by atoms with Crippen molar-refractivity contribution in [1.82, 2.24) is 0 Å². The lowest BCUT2D eigenvalue weighted by molar-refractivity contribution is -0.143. The predicted octanol–water partition coefficient (Wildman–Crippen LogP) is 4.07. The SMILES string of the molecule is CC(=O)c1c(F)cc(C(F)(F)F)cc1C(F)(F)F. The van der Waals surface area contributed by atoms with Gasteiger partial charge in [0.15, 0.2) is 5.78 Å². The van der Waals surface area contributed by atoms with Crippen LogP contribution in [0.25, 0.3) is 0 Å². The van der Waals surface area contributed by atoms with E-state index in [0.29, 0.717) is 6.92 Å². The highest BCUT2D eigenvalue weighted by Gasteiger charge is 2.40. The van der Waals surface area contributed by atoms with E-state index in [1.165, 1.54) is 0 Å². The molecule has 0 aliphatic heterocycles. The number of Topliss-reactive ketones (excluding diaryl/α,β-unsaturated/α-hetero) is 1. The molecule has 0 saturated heterocycles. The van der Waals surface area contributed by atoms with Crippen LogP contribution in [0.2, 0.25) is 0 Å². The summed E-state index contributed by atoms with van der Waals surface area (Å²) in [6.45, 7) is 0.640. The molecule has 1 rings (SSSR count). The molecule has 0 fully saturated rings. The minimum absolute atomic E-state index is 0.133. The number of hydrogen-bond donors (Lipinski definition) is 0. The topological polar surface area (TPSA) is 17.1 Å². The highest BCUT2D eigenvalue weighted by molar-refractivity contribution is 5.96. The van der Waals surface area contributed by atoms with Crippen LogP contribution in [0.1, 0.15) is 28.4 Å². The Kier molecular flexibility index (Phi) is 3.42. The van der Waals surface area contributed by atoms with E-state index < -0.39 is 40.6 Å². The first kappa shape index (κ1) is 14.5. The number of ketones is 1. The molecule has 1 aromatic rings. The van der Waals surface area contributed by atoms with Gasteiger partial charge in [0.25, 0.3) is 0 Å². The monoisotopic (exact) mass is 274 g/mol. The molecular weight excluding hydrogens is 269 g/mol. The summed E-state index contributed by atoms with van der Waals surface area (Å²) < 4.78 is 87.4. The van der Waals surface area contributed by atoms with Crippen LogP contribution in [0.3, 0.4) is 0 Å². The molecule has 0 bridgehead atoms. The van der Waals surface area contributed by atoms with E-state index in [1.807, 2.05) is 0 Å². The average molecular weight is 274 g/mol. The average Bonchev–Trinajstić information content (AvgIpc) is 2.12. The lowest BCUT2D eigenvalue weighted by atomic mass is 9.99. The Morgan fingerprint density at radius 1 is 1.00 bits per heavy atom. The summed E-state index contributed by atoms with van der Waals surface area (Å²) >= 11 is 0. The van der Waals surface area contributed by atoms with Crippen molar-refractivity contribution in [3.05, 3.63) is 34.6 Å². The third-order valence-electron chi connectivity index (χ3n) is 2.08. The fourth-order valence-electron chi connectivity index (χ4n) is 1.35. The largest absolute Gasteiger partial charge is 0.417 e. The van der Waals surface area contributed by atoms with Gasteiger partial charge in [0.2, 0.25) is 0 Å². The second-order valence-electron chi connectivity index (χ2n) is 3.43. The molecule has 0 amide bonds. The third-order valence-corrected chi connectivity index (χ3v) is 2.08. The van der Waals surface area contributed by atoms with Crippen molar-refractivity contribution < 1.29 is 35.5 Å². The Labute approximate surface area is 96.2 Å². The number of rotatable bonds is 1. The van der Waals surface area contributed by atoms with E-state index in [1.54, 1.807) is 0 Å². The molecule has 0 aliphatic rings. The number of carbonyl (C=O) groups excluding carboxylic acids is 1. The summed E-state index contributed by atoms with van der Waals surface area (Å²) in [5.74, 6) is -3.14. The number of halogens is 7. The summed E-state index contributed by atoms with van der Waals surface area (Å²) in [4.78, 5) is 10.9. The second-order valence-corrected chi connectivity index (χ2v) is 3.43. The number of alkyl halides is 6. The van der Waals surface area contributed by atoms with Crippen LogP contribution in [0.5, 0.6) is 0 Å². The van der Waals surface area contributed by atoms with E-state index >= 15 is 0 Å². The normalized spacial score (nSPS) is 12.7. The zero-order valence-corrected chi connectivity index (χ0v) is 8.71. The lowest BCUT2D eigenvalue weighted by Crippen LogP contribution is -2.17. The van der Waals surface area contributed by atoms with Crippen LogP contribution in [0.4, 0.5) is 30.7 Å². The molecule has 18 heavy (non-hydrogen) atoms. The number of carbonyl (C=O) groups is 1. The standard InChI is InChI=1S/C10H5F7O/c1-4(18)8-6(10(15,16)17)2-5(3-7(8)11)9(12,13)14/h2-3H,1H3. The van der Waals surface area contributed by atoms with Crippen molar-refractivity contribution in [2.45, 2.75) is 19.3 Å². The van der Waals surface area contributed by atoms with Crippen LogP contribution in [-0.4, -0.2) is 5.78 Å². The van der Waals surface area contributed by atoms with E-state index in [0.717, 1.165) is 0 Å². The van der Waals surface area contributed by atoms with E-state index in [9.17, 15) is 35.5 Å². The molecule has 1 aromatic carbocycles. The van der Waals surface area contributed by atoms with Crippen molar-refractivity contribution in [2.75, 3.05) is 0 Å². The summed E-state index contributed by atoms with van der Waals surface area (Å²) in [5, 5.41) is 0. The molecule has 0 unspecified atom stereocenters. The molecule has 0 heterocycles. The molecular formula is C10H5F7O. The highest BCUT2D eigenvalue weighted by Crippen LogP contribution is 2.38. The number of benzene rings is 1. The molecule has 0 radical (unpaired) electrons. The van der Waals surface area contributed by atoms with Gasteiger partial charge in [-0.2, -0.15) is 26.3 Å². The molecule has 0 spiro atoms. The quantitative estimate of drug-likeness (QED) is 0.557. The van der Waals surface area contributed by atoms with Crippen LogP contribution >= 0.6 is 0 Å². The lowest BCUT2D eigenvalue weighted by Gasteiger charge is -2.15. The van der Waals surface area contributed by atoms with Crippen LogP contribution < -0.4 is 0 Å². The first-order valence-corrected chi connectivity index (χ1v) is 4.43. The fourth-order valence-corrected chi connectivity index (χ4v) is 1.35. The highest BCUT2D eigenvalue weighted by atomic mass is 19.4. The van der Waals surface area contributed by atoms with Crippen molar-refractivity contribution >= 4 is 5.78 Å². The van der Waals surface area contributed by atoms with Crippen LogP contribution in [0, 0.1) is 5.82 Å². The van der Waals surface area contributed by atoms with Gasteiger partial charge in [0, 0.05) is 0 Å². The fraction of sp³-hybridized carbons (Fsp3) is 0.300. The Morgan fingerprint density at radius 2 is 1.50 bits per heavy atom. The molecule has 0 N–H and O–H groups in total. The maximum absolute atomic E-state index is 13.2. The Hall–Kier alpha value is -1.60. The van der Waals surface area contributed by atoms with E-state index in [4.69, 9.17) is 0 Å². The molecule has 0 aromatic heterocycles. The van der Waals surface area contributed by atoms with Gasteiger partial charge in [-0.15, -0.1) is 0 Å². The van der Waals surface area contributed by atoms with Crippen molar-refractivity contribution in [3.63, 3.8) is 0 Å². The van der Waals surface area contributed by atoms with Gasteiger partial charge in [-0.1, -0.05) is 0 Å². The van der Waals surface area contributed by atoms with Gasteiger partial charge in [0.05, 0.1) is 16.7 Å². The zero-order valence-electron chi connectivity index (χ0n) is 8.71. The maximum atomic E-state index is 13.2. The van der Waals surface area contributed by atoms with Gasteiger partial charge < -0.3 is 0 Å². The Balaban J connectivity index is 3.64. The molecule has 0 saturated carbocycles. The Bertz CT molecular complexity index is 484. The van der Waals surface area contributed by atoms with Crippen LogP contribution in [0.15, 0.2) is 12.1 Å². The summed E-state index contributed by atoms with van der Waals surface area (Å²) in [6.07, 6.45) is -10.4. The van der Waals surface area contributed by atoms with E-state index in [-0.39, 0.29) is 12.1 Å². The van der Waals surface area contributed by atoms with E-state index in [2.05, 4.69) is 0 Å². The summed E-state index contributed by atoms with van der Waals surface area (Å²) in [7, 11) is 0. The molecule has 0 atom stereocenters. The van der Waals surface area contributed by atoms with Crippen molar-refractivity contribution in [2.24, 2.45) is 0 Å². The minimum Gasteiger partial charge on any atom is -0.294 e. The van der Waals surface area contributed by atoms with Crippen LogP contribution in [-0.2, 0) is 12.4 Å². The van der Waals surface area contributed by atoms with Gasteiger partial charge in [-0.05, 0) is 19.1 Å². The first-order valence-electron chi connectivity index (χ1n) is 4.43. The van der Waals surface area contributed by atoms with Gasteiger partial charge in [-0.3, -0.25) is 4.79 Å². The molecule has 1 nitrogen and oxygen atoms in total. The maximum Gasteiger partial charge on any atom is 0.417 e. The smallest absolute Gasteiger partial charge is 0.294 e. The molecule has 0 aliphatic carbocycles. The molecule has 100 valence electrons.